The number of benzene rings is 1. The van der Waals surface area contributed by atoms with Crippen LogP contribution in [0.2, 0.25) is 0 Å². The van der Waals surface area contributed by atoms with Crippen LogP contribution >= 0.6 is 11.3 Å². The number of ether oxygens (including phenoxy) is 1. The number of para-hydroxylation sites is 1. The molecule has 2 aromatic rings. The summed E-state index contributed by atoms with van der Waals surface area (Å²) in [5.74, 6) is 0.491. The summed E-state index contributed by atoms with van der Waals surface area (Å²) in [6.45, 7) is 5.23. The molecule has 1 heterocycles. The van der Waals surface area contributed by atoms with Gasteiger partial charge in [0, 0.05) is 36.9 Å². The van der Waals surface area contributed by atoms with Crippen molar-refractivity contribution in [2.75, 3.05) is 13.1 Å². The highest BCUT2D eigenvalue weighted by Gasteiger charge is 2.42. The summed E-state index contributed by atoms with van der Waals surface area (Å²) in [5, 5.41) is 9.55. The molecule has 152 valence electrons. The lowest BCUT2D eigenvalue weighted by atomic mass is 10.1. The van der Waals surface area contributed by atoms with Gasteiger partial charge in [0.25, 0.3) is 0 Å². The zero-order valence-electron chi connectivity index (χ0n) is 15.7. The second-order valence-corrected chi connectivity index (χ2v) is 7.61. The van der Waals surface area contributed by atoms with Crippen LogP contribution in [0.15, 0.2) is 34.6 Å². The third kappa shape index (κ3) is 5.85. The molecule has 2 atom stereocenters. The molecule has 0 radical (unpaired) electrons. The van der Waals surface area contributed by atoms with Crippen LogP contribution in [0, 0.1) is 6.92 Å². The molecule has 2 unspecified atom stereocenters. The van der Waals surface area contributed by atoms with Crippen LogP contribution in [-0.2, 0) is 6.42 Å². The van der Waals surface area contributed by atoms with Crippen LogP contribution in [0.4, 0.5) is 13.2 Å². The highest BCUT2D eigenvalue weighted by atomic mass is 32.1. The third-order valence-electron chi connectivity index (χ3n) is 4.31. The summed E-state index contributed by atoms with van der Waals surface area (Å²) in [6.07, 6.45) is -3.22. The average Bonchev–Trinajstić information content (AvgIpc) is 3.25. The van der Waals surface area contributed by atoms with Gasteiger partial charge in [0.15, 0.2) is 5.96 Å². The molecule has 0 bridgehead atoms. The molecule has 1 aliphatic rings. The second-order valence-electron chi connectivity index (χ2n) is 6.55. The van der Waals surface area contributed by atoms with E-state index in [1.807, 2.05) is 19.2 Å². The molecule has 1 aromatic carbocycles. The van der Waals surface area contributed by atoms with Crippen molar-refractivity contribution in [3.05, 3.63) is 45.9 Å². The zero-order valence-corrected chi connectivity index (χ0v) is 16.5. The molecule has 2 N–H and O–H groups in total. The highest BCUT2D eigenvalue weighted by molar-refractivity contribution is 7.09. The van der Waals surface area contributed by atoms with Crippen LogP contribution < -0.4 is 15.4 Å². The average molecular weight is 412 g/mol. The maximum Gasteiger partial charge on any atom is 0.573 e. The van der Waals surface area contributed by atoms with Gasteiger partial charge in [-0.1, -0.05) is 18.2 Å². The summed E-state index contributed by atoms with van der Waals surface area (Å²) in [6, 6.07) is 6.33. The van der Waals surface area contributed by atoms with Crippen molar-refractivity contribution in [2.24, 2.45) is 4.99 Å². The molecule has 0 saturated heterocycles. The predicted octanol–water partition coefficient (Wildman–Crippen LogP) is 4.00. The van der Waals surface area contributed by atoms with E-state index >= 15 is 0 Å². The first-order chi connectivity index (χ1) is 13.4. The Labute approximate surface area is 166 Å². The molecule has 1 saturated carbocycles. The summed E-state index contributed by atoms with van der Waals surface area (Å²) in [4.78, 5) is 8.98. The number of aryl methyl sites for hydroxylation is 1. The summed E-state index contributed by atoms with van der Waals surface area (Å²) in [5.41, 5.74) is 1.58. The van der Waals surface area contributed by atoms with Gasteiger partial charge in [-0.15, -0.1) is 24.5 Å². The predicted molar refractivity (Wildman–Crippen MR) is 104 cm³/mol. The van der Waals surface area contributed by atoms with Crippen LogP contribution in [0.1, 0.15) is 35.5 Å². The van der Waals surface area contributed by atoms with Crippen molar-refractivity contribution in [2.45, 2.75) is 45.0 Å². The minimum absolute atomic E-state index is 0.0253. The van der Waals surface area contributed by atoms with Crippen molar-refractivity contribution in [1.29, 1.82) is 0 Å². The van der Waals surface area contributed by atoms with Crippen molar-refractivity contribution in [3.63, 3.8) is 0 Å². The molecular weight excluding hydrogens is 389 g/mol. The van der Waals surface area contributed by atoms with Crippen molar-refractivity contribution in [1.82, 2.24) is 15.6 Å². The molecule has 5 nitrogen and oxygen atoms in total. The monoisotopic (exact) mass is 412 g/mol. The van der Waals surface area contributed by atoms with Gasteiger partial charge in [-0.25, -0.2) is 4.98 Å². The zero-order chi connectivity index (χ0) is 20.1. The van der Waals surface area contributed by atoms with E-state index in [4.69, 9.17) is 0 Å². The molecular formula is C19H23F3N4OS. The quantitative estimate of drug-likeness (QED) is 0.533. The summed E-state index contributed by atoms with van der Waals surface area (Å²) < 4.78 is 42.0. The number of nitrogens with one attached hydrogen (secondary N) is 2. The first kappa shape index (κ1) is 20.4. The second kappa shape index (κ2) is 8.81. The maximum absolute atomic E-state index is 12.6. The third-order valence-corrected chi connectivity index (χ3v) is 5.13. The number of nitrogens with zero attached hydrogens (tertiary/aromatic N) is 2. The Morgan fingerprint density at radius 2 is 2.14 bits per heavy atom. The number of alkyl halides is 3. The topological polar surface area (TPSA) is 58.5 Å². The van der Waals surface area contributed by atoms with Gasteiger partial charge in [-0.05, 0) is 31.9 Å². The number of hydrogen-bond donors (Lipinski definition) is 2. The Bertz CT molecular complexity index is 822. The lowest BCUT2D eigenvalue weighted by Crippen LogP contribution is -2.39. The van der Waals surface area contributed by atoms with E-state index in [2.05, 4.69) is 25.3 Å². The normalized spacial score (nSPS) is 19.4. The van der Waals surface area contributed by atoms with E-state index in [9.17, 15) is 13.2 Å². The molecule has 28 heavy (non-hydrogen) atoms. The highest BCUT2D eigenvalue weighted by Crippen LogP contribution is 2.45. The first-order valence-corrected chi connectivity index (χ1v) is 10.0. The lowest BCUT2D eigenvalue weighted by Gasteiger charge is -2.14. The first-order valence-electron chi connectivity index (χ1n) is 9.16. The fraction of sp³-hybridized carbons (Fsp3) is 0.474. The van der Waals surface area contributed by atoms with E-state index in [0.717, 1.165) is 23.5 Å². The molecule has 1 aliphatic carbocycles. The Kier molecular flexibility index (Phi) is 6.43. The number of rotatable bonds is 7. The number of guanidine groups is 1. The largest absolute Gasteiger partial charge is 0.573 e. The number of aliphatic imine (C=N–C) groups is 1. The van der Waals surface area contributed by atoms with E-state index < -0.39 is 6.36 Å². The molecule has 0 aliphatic heterocycles. The Balaban J connectivity index is 1.59. The number of hydrogen-bond acceptors (Lipinski definition) is 4. The van der Waals surface area contributed by atoms with Crippen LogP contribution in [-0.4, -0.2) is 36.4 Å². The van der Waals surface area contributed by atoms with Gasteiger partial charge in [0.2, 0.25) is 0 Å². The van der Waals surface area contributed by atoms with Crippen molar-refractivity contribution < 1.29 is 17.9 Å². The fourth-order valence-electron chi connectivity index (χ4n) is 3.00. The minimum atomic E-state index is -4.70. The SMILES string of the molecule is CCNC(=NCCc1csc(C)n1)NC1CC1c1ccccc1OC(F)(F)F. The summed E-state index contributed by atoms with van der Waals surface area (Å²) in [7, 11) is 0. The number of aromatic nitrogens is 1. The van der Waals surface area contributed by atoms with E-state index in [-0.39, 0.29) is 17.7 Å². The van der Waals surface area contributed by atoms with Gasteiger partial charge >= 0.3 is 6.36 Å². The van der Waals surface area contributed by atoms with Crippen LogP contribution in [0.3, 0.4) is 0 Å². The van der Waals surface area contributed by atoms with Gasteiger partial charge in [-0.3, -0.25) is 4.99 Å². The van der Waals surface area contributed by atoms with Crippen LogP contribution in [0.5, 0.6) is 5.75 Å². The molecule has 9 heteroatoms. The molecule has 1 aromatic heterocycles. The smallest absolute Gasteiger partial charge is 0.405 e. The fourth-order valence-corrected chi connectivity index (χ4v) is 3.65. The van der Waals surface area contributed by atoms with Gasteiger partial charge in [-0.2, -0.15) is 0 Å². The molecule has 0 spiro atoms. The molecule has 3 rings (SSSR count). The van der Waals surface area contributed by atoms with Crippen molar-refractivity contribution in [3.8, 4) is 5.75 Å². The van der Waals surface area contributed by atoms with Gasteiger partial charge < -0.3 is 15.4 Å². The Morgan fingerprint density at radius 3 is 2.82 bits per heavy atom. The standard InChI is InChI=1S/C19H23F3N4OS/c1-3-23-18(24-9-8-13-11-28-12(2)25-13)26-16-10-15(16)14-6-4-5-7-17(14)27-19(20,21)22/h4-7,11,15-16H,3,8-10H2,1-2H3,(H2,23,24,26). The molecule has 1 fully saturated rings. The lowest BCUT2D eigenvalue weighted by molar-refractivity contribution is -0.274. The van der Waals surface area contributed by atoms with E-state index in [1.54, 1.807) is 29.5 Å². The van der Waals surface area contributed by atoms with Gasteiger partial charge in [0.1, 0.15) is 5.75 Å². The number of thiazole rings is 1. The minimum Gasteiger partial charge on any atom is -0.405 e. The van der Waals surface area contributed by atoms with E-state index in [1.165, 1.54) is 6.07 Å². The van der Waals surface area contributed by atoms with Crippen LogP contribution in [0.25, 0.3) is 0 Å². The maximum atomic E-state index is 12.6. The molecule has 0 amide bonds. The van der Waals surface area contributed by atoms with Gasteiger partial charge in [0.05, 0.1) is 10.7 Å². The summed E-state index contributed by atoms with van der Waals surface area (Å²) >= 11 is 1.61. The Hall–Kier alpha value is -2.29. The Morgan fingerprint density at radius 1 is 1.36 bits per heavy atom. The van der Waals surface area contributed by atoms with E-state index in [0.29, 0.717) is 24.6 Å². The number of halogens is 3. The van der Waals surface area contributed by atoms with Crippen molar-refractivity contribution >= 4 is 17.3 Å².